The van der Waals surface area contributed by atoms with Crippen molar-refractivity contribution in [3.05, 3.63) is 54.6 Å². The minimum atomic E-state index is -3.44. The average molecular weight is 421 g/mol. The van der Waals surface area contributed by atoms with Crippen LogP contribution in [0, 0.1) is 17.8 Å². The Morgan fingerprint density at radius 3 is 2.34 bits per heavy atom. The van der Waals surface area contributed by atoms with Crippen molar-refractivity contribution in [2.45, 2.75) is 70.2 Å². The highest BCUT2D eigenvalue weighted by Gasteiger charge is 2.44. The number of rotatable bonds is 10. The molecule has 1 fully saturated rings. The summed E-state index contributed by atoms with van der Waals surface area (Å²) in [6, 6.07) is 8.57. The standard InChI is InChI=1S/C24H36O4S/c1-7-17(4)13-23-19(6)21(15-29(26,27)20-11-9-8-10-12-20)24(28-23)14-22(25)18(5)16(2)3/h8-12,17,19,21-25H,2,5,7,13-15H2,1,3-4,6H3/t17-,19-,21-,22-,23-,24+/m1/s1. The zero-order chi connectivity index (χ0) is 21.8. The molecule has 1 heterocycles. The van der Waals surface area contributed by atoms with Gasteiger partial charge in [0.15, 0.2) is 9.84 Å². The van der Waals surface area contributed by atoms with E-state index in [0.717, 1.165) is 18.4 Å². The molecule has 29 heavy (non-hydrogen) atoms. The summed E-state index contributed by atoms with van der Waals surface area (Å²) in [5, 5.41) is 10.6. The van der Waals surface area contributed by atoms with E-state index in [4.69, 9.17) is 4.74 Å². The molecule has 6 atom stereocenters. The van der Waals surface area contributed by atoms with E-state index in [1.807, 2.05) is 13.0 Å². The fourth-order valence-electron chi connectivity index (χ4n) is 4.01. The van der Waals surface area contributed by atoms with Crippen LogP contribution in [0.2, 0.25) is 0 Å². The van der Waals surface area contributed by atoms with Gasteiger partial charge in [0.2, 0.25) is 0 Å². The highest BCUT2D eigenvalue weighted by Crippen LogP contribution is 2.40. The summed E-state index contributed by atoms with van der Waals surface area (Å²) in [6.07, 6.45) is 1.17. The van der Waals surface area contributed by atoms with Crippen LogP contribution in [0.1, 0.15) is 47.0 Å². The van der Waals surface area contributed by atoms with Gasteiger partial charge in [-0.3, -0.25) is 0 Å². The van der Waals surface area contributed by atoms with Gasteiger partial charge in [-0.05, 0) is 42.9 Å². The van der Waals surface area contributed by atoms with Gasteiger partial charge < -0.3 is 9.84 Å². The lowest BCUT2D eigenvalue weighted by Crippen LogP contribution is -2.31. The van der Waals surface area contributed by atoms with Gasteiger partial charge >= 0.3 is 0 Å². The lowest BCUT2D eigenvalue weighted by molar-refractivity contribution is -0.00220. The Balaban J connectivity index is 2.25. The summed E-state index contributed by atoms with van der Waals surface area (Å²) in [7, 11) is -3.44. The van der Waals surface area contributed by atoms with Crippen LogP contribution >= 0.6 is 0 Å². The summed E-state index contributed by atoms with van der Waals surface area (Å²) >= 11 is 0. The molecule has 1 aromatic carbocycles. The molecular weight excluding hydrogens is 384 g/mol. The van der Waals surface area contributed by atoms with Gasteiger partial charge in [0, 0.05) is 12.3 Å². The maximum absolute atomic E-state index is 13.0. The van der Waals surface area contributed by atoms with Crippen LogP contribution in [0.15, 0.2) is 59.5 Å². The predicted molar refractivity (Wildman–Crippen MR) is 118 cm³/mol. The zero-order valence-electron chi connectivity index (χ0n) is 18.2. The van der Waals surface area contributed by atoms with Crippen molar-refractivity contribution in [1.82, 2.24) is 0 Å². The molecular formula is C24H36O4S. The molecule has 1 aromatic rings. The molecule has 162 valence electrons. The second-order valence-electron chi connectivity index (χ2n) is 8.64. The predicted octanol–water partition coefficient (Wildman–Crippen LogP) is 4.80. The molecule has 2 rings (SSSR count). The summed E-state index contributed by atoms with van der Waals surface area (Å²) < 4.78 is 32.4. The van der Waals surface area contributed by atoms with E-state index < -0.39 is 15.9 Å². The van der Waals surface area contributed by atoms with Crippen LogP contribution in [0.4, 0.5) is 0 Å². The van der Waals surface area contributed by atoms with E-state index in [-0.39, 0.29) is 29.8 Å². The molecule has 1 aliphatic rings. The first kappa shape index (κ1) is 23.8. The second-order valence-corrected chi connectivity index (χ2v) is 10.7. The fraction of sp³-hybridized carbons (Fsp3) is 0.583. The molecule has 1 N–H and O–H groups in total. The van der Waals surface area contributed by atoms with Crippen LogP contribution in [-0.4, -0.2) is 37.6 Å². The maximum Gasteiger partial charge on any atom is 0.178 e. The fourth-order valence-corrected chi connectivity index (χ4v) is 5.80. The Morgan fingerprint density at radius 1 is 1.17 bits per heavy atom. The van der Waals surface area contributed by atoms with Gasteiger partial charge in [-0.15, -0.1) is 0 Å². The number of ether oxygens (including phenoxy) is 1. The molecule has 1 aliphatic heterocycles. The van der Waals surface area contributed by atoms with Crippen molar-refractivity contribution >= 4 is 9.84 Å². The van der Waals surface area contributed by atoms with Crippen molar-refractivity contribution in [1.29, 1.82) is 0 Å². The third kappa shape index (κ3) is 6.03. The van der Waals surface area contributed by atoms with Crippen LogP contribution in [-0.2, 0) is 14.6 Å². The SMILES string of the molecule is C=C(C)C(=C)[C@H](O)C[C@@H]1O[C@H](C[C@H](C)CC)[C@H](C)[C@H]1CS(=O)(=O)c1ccccc1. The Kier molecular flexibility index (Phi) is 8.27. The summed E-state index contributed by atoms with van der Waals surface area (Å²) in [5.41, 5.74) is 1.31. The lowest BCUT2D eigenvalue weighted by atomic mass is 9.84. The lowest BCUT2D eigenvalue weighted by Gasteiger charge is -2.24. The topological polar surface area (TPSA) is 63.6 Å². The molecule has 1 saturated heterocycles. The van der Waals surface area contributed by atoms with Crippen molar-refractivity contribution in [3.8, 4) is 0 Å². The van der Waals surface area contributed by atoms with Crippen molar-refractivity contribution in [3.63, 3.8) is 0 Å². The van der Waals surface area contributed by atoms with Crippen LogP contribution in [0.25, 0.3) is 0 Å². The van der Waals surface area contributed by atoms with Gasteiger partial charge in [-0.1, -0.05) is 64.1 Å². The zero-order valence-corrected chi connectivity index (χ0v) is 19.0. The minimum absolute atomic E-state index is 0.00350. The van der Waals surface area contributed by atoms with E-state index in [1.54, 1.807) is 24.3 Å². The van der Waals surface area contributed by atoms with Crippen LogP contribution in [0.5, 0.6) is 0 Å². The number of sulfone groups is 1. The third-order valence-corrected chi connectivity index (χ3v) is 8.15. The number of hydrogen-bond acceptors (Lipinski definition) is 4. The first-order valence-electron chi connectivity index (χ1n) is 10.5. The average Bonchev–Trinajstić information content (AvgIpc) is 2.96. The van der Waals surface area contributed by atoms with Crippen molar-refractivity contribution < 1.29 is 18.3 Å². The number of aliphatic hydroxyl groups is 1. The van der Waals surface area contributed by atoms with E-state index in [0.29, 0.717) is 22.8 Å². The molecule has 0 aliphatic carbocycles. The highest BCUT2D eigenvalue weighted by molar-refractivity contribution is 7.91. The number of benzene rings is 1. The molecule has 0 unspecified atom stereocenters. The highest BCUT2D eigenvalue weighted by atomic mass is 32.2. The molecule has 0 amide bonds. The monoisotopic (exact) mass is 420 g/mol. The summed E-state index contributed by atoms with van der Waals surface area (Å²) in [6.45, 7) is 16.0. The first-order valence-corrected chi connectivity index (χ1v) is 12.2. The normalized spacial score (nSPS) is 26.8. The van der Waals surface area contributed by atoms with Gasteiger partial charge in [0.05, 0.1) is 29.0 Å². The largest absolute Gasteiger partial charge is 0.388 e. The second kappa shape index (κ2) is 10.1. The summed E-state index contributed by atoms with van der Waals surface area (Å²) in [5.74, 6) is 0.439. The number of aliphatic hydroxyl groups excluding tert-OH is 1. The van der Waals surface area contributed by atoms with Gasteiger partial charge in [0.1, 0.15) is 0 Å². The van der Waals surface area contributed by atoms with Gasteiger partial charge in [0.25, 0.3) is 0 Å². The molecule has 5 heteroatoms. The van der Waals surface area contributed by atoms with E-state index in [9.17, 15) is 13.5 Å². The minimum Gasteiger partial charge on any atom is -0.388 e. The maximum atomic E-state index is 13.0. The quantitative estimate of drug-likeness (QED) is 0.552. The molecule has 0 bridgehead atoms. The van der Waals surface area contributed by atoms with Crippen molar-refractivity contribution in [2.24, 2.45) is 17.8 Å². The Morgan fingerprint density at radius 2 is 1.79 bits per heavy atom. The van der Waals surface area contributed by atoms with E-state index in [1.165, 1.54) is 0 Å². The third-order valence-electron chi connectivity index (χ3n) is 6.34. The molecule has 0 saturated carbocycles. The van der Waals surface area contributed by atoms with E-state index in [2.05, 4.69) is 33.9 Å². The Hall–Kier alpha value is -1.43. The van der Waals surface area contributed by atoms with E-state index >= 15 is 0 Å². The Bertz CT molecular complexity index is 799. The molecule has 4 nitrogen and oxygen atoms in total. The molecule has 0 radical (unpaired) electrons. The first-order chi connectivity index (χ1) is 13.6. The molecule has 0 aromatic heterocycles. The molecule has 0 spiro atoms. The van der Waals surface area contributed by atoms with Gasteiger partial charge in [-0.25, -0.2) is 8.42 Å². The number of hydrogen-bond donors (Lipinski definition) is 1. The van der Waals surface area contributed by atoms with Gasteiger partial charge in [-0.2, -0.15) is 0 Å². The smallest absolute Gasteiger partial charge is 0.178 e. The summed E-state index contributed by atoms with van der Waals surface area (Å²) in [4.78, 5) is 0.336. The van der Waals surface area contributed by atoms with Crippen LogP contribution < -0.4 is 0 Å². The van der Waals surface area contributed by atoms with Crippen LogP contribution in [0.3, 0.4) is 0 Å². The Labute approximate surface area is 176 Å². The van der Waals surface area contributed by atoms with Crippen molar-refractivity contribution in [2.75, 3.05) is 5.75 Å².